The molecule has 2 aromatic heterocycles. The first-order valence-electron chi connectivity index (χ1n) is 5.70. The number of hydrogen-bond acceptors (Lipinski definition) is 3. The normalized spacial score (nSPS) is 10.5. The number of thiophene rings is 1. The first kappa shape index (κ1) is 14.0. The second kappa shape index (κ2) is 5.71. The van der Waals surface area contributed by atoms with Gasteiger partial charge in [0.05, 0.1) is 8.66 Å². The number of pyridine rings is 1. The van der Waals surface area contributed by atoms with E-state index in [2.05, 4.69) is 26.2 Å². The van der Waals surface area contributed by atoms with Crippen LogP contribution in [0.25, 0.3) is 0 Å². The lowest BCUT2D eigenvalue weighted by atomic mass is 10.1. The zero-order chi connectivity index (χ0) is 14.0. The summed E-state index contributed by atoms with van der Waals surface area (Å²) in [4.78, 5) is 27.0. The summed E-state index contributed by atoms with van der Waals surface area (Å²) in [5.41, 5.74) is 2.15. The van der Waals surface area contributed by atoms with Crippen LogP contribution < -0.4 is 10.9 Å². The van der Waals surface area contributed by atoms with E-state index < -0.39 is 0 Å². The highest BCUT2D eigenvalue weighted by Crippen LogP contribution is 2.21. The highest BCUT2D eigenvalue weighted by Gasteiger charge is 2.10. The molecule has 2 N–H and O–H groups in total. The molecule has 0 aliphatic carbocycles. The smallest absolute Gasteiger partial charge is 0.261 e. The number of aromatic amines is 1. The number of amides is 1. The van der Waals surface area contributed by atoms with E-state index in [0.717, 1.165) is 15.0 Å². The lowest BCUT2D eigenvalue weighted by Crippen LogP contribution is -2.27. The number of nitrogens with one attached hydrogen (secondary N) is 2. The van der Waals surface area contributed by atoms with E-state index in [1.807, 2.05) is 26.0 Å². The summed E-state index contributed by atoms with van der Waals surface area (Å²) in [7, 11) is 0. The minimum atomic E-state index is -0.171. The Labute approximate surface area is 123 Å². The third-order valence-corrected chi connectivity index (χ3v) is 4.34. The minimum absolute atomic E-state index is 0.148. The van der Waals surface area contributed by atoms with E-state index in [1.165, 1.54) is 11.3 Å². The Kier molecular flexibility index (Phi) is 4.21. The molecule has 0 aliphatic heterocycles. The molecule has 0 spiro atoms. The second-order valence-corrected chi connectivity index (χ2v) is 6.69. The largest absolute Gasteiger partial charge is 0.347 e. The van der Waals surface area contributed by atoms with E-state index in [4.69, 9.17) is 0 Å². The Hall–Kier alpha value is -1.40. The Balaban J connectivity index is 2.11. The van der Waals surface area contributed by atoms with E-state index in [9.17, 15) is 9.59 Å². The number of carbonyl (C=O) groups is 1. The monoisotopic (exact) mass is 340 g/mol. The van der Waals surface area contributed by atoms with Crippen LogP contribution in [0.15, 0.2) is 26.8 Å². The summed E-state index contributed by atoms with van der Waals surface area (Å²) >= 11 is 4.67. The topological polar surface area (TPSA) is 62.0 Å². The van der Waals surface area contributed by atoms with Crippen molar-refractivity contribution in [1.82, 2.24) is 10.3 Å². The van der Waals surface area contributed by atoms with Gasteiger partial charge in [-0.1, -0.05) is 0 Å². The van der Waals surface area contributed by atoms with Gasteiger partial charge < -0.3 is 10.3 Å². The fraction of sp³-hybridized carbons (Fsp3) is 0.231. The zero-order valence-electron chi connectivity index (χ0n) is 10.5. The van der Waals surface area contributed by atoms with Gasteiger partial charge in [0.15, 0.2) is 0 Å². The molecule has 100 valence electrons. The van der Waals surface area contributed by atoms with Crippen LogP contribution in [0.5, 0.6) is 0 Å². The molecule has 2 heterocycles. The number of hydrogen-bond donors (Lipinski definition) is 2. The van der Waals surface area contributed by atoms with Gasteiger partial charge in [-0.25, -0.2) is 0 Å². The Morgan fingerprint density at radius 1 is 1.42 bits per heavy atom. The van der Waals surface area contributed by atoms with E-state index >= 15 is 0 Å². The van der Waals surface area contributed by atoms with Crippen LogP contribution in [-0.4, -0.2) is 10.9 Å². The molecule has 0 radical (unpaired) electrons. The highest BCUT2D eigenvalue weighted by molar-refractivity contribution is 9.11. The Morgan fingerprint density at radius 2 is 2.16 bits per heavy atom. The maximum atomic E-state index is 11.9. The zero-order valence-corrected chi connectivity index (χ0v) is 12.9. The number of halogens is 1. The SMILES string of the molecule is Cc1cc(C)c(CNC(=O)c2ccc(Br)s2)c(=O)[nH]1. The fourth-order valence-corrected chi connectivity index (χ4v) is 3.10. The molecule has 2 rings (SSSR count). The van der Waals surface area contributed by atoms with Gasteiger partial charge in [0.2, 0.25) is 0 Å². The van der Waals surface area contributed by atoms with Gasteiger partial charge in [0.1, 0.15) is 0 Å². The number of rotatable bonds is 3. The lowest BCUT2D eigenvalue weighted by molar-refractivity contribution is 0.0955. The number of aromatic nitrogens is 1. The molecule has 1 amide bonds. The number of carbonyl (C=O) groups excluding carboxylic acids is 1. The van der Waals surface area contributed by atoms with Crippen LogP contribution in [0.3, 0.4) is 0 Å². The summed E-state index contributed by atoms with van der Waals surface area (Å²) in [6.45, 7) is 3.93. The lowest BCUT2D eigenvalue weighted by Gasteiger charge is -2.07. The average molecular weight is 341 g/mol. The summed E-state index contributed by atoms with van der Waals surface area (Å²) in [6, 6.07) is 5.46. The molecular weight excluding hydrogens is 328 g/mol. The first-order valence-corrected chi connectivity index (χ1v) is 7.31. The molecular formula is C13H13BrN2O2S. The summed E-state index contributed by atoms with van der Waals surface area (Å²) in [5, 5.41) is 2.76. The van der Waals surface area contributed by atoms with Gasteiger partial charge in [0.25, 0.3) is 11.5 Å². The van der Waals surface area contributed by atoms with Crippen molar-refractivity contribution in [1.29, 1.82) is 0 Å². The van der Waals surface area contributed by atoms with E-state index in [0.29, 0.717) is 10.4 Å². The third kappa shape index (κ3) is 3.33. The molecule has 0 saturated carbocycles. The van der Waals surface area contributed by atoms with Crippen molar-refractivity contribution in [2.24, 2.45) is 0 Å². The van der Waals surface area contributed by atoms with E-state index in [1.54, 1.807) is 6.07 Å². The molecule has 0 saturated heterocycles. The van der Waals surface area contributed by atoms with Crippen molar-refractivity contribution in [2.45, 2.75) is 20.4 Å². The van der Waals surface area contributed by atoms with Crippen LogP contribution >= 0.6 is 27.3 Å². The first-order chi connectivity index (χ1) is 8.97. The van der Waals surface area contributed by atoms with Crippen LogP contribution in [0.2, 0.25) is 0 Å². The molecule has 0 aromatic carbocycles. The summed E-state index contributed by atoms with van der Waals surface area (Å²) in [6.07, 6.45) is 0. The average Bonchev–Trinajstić information content (AvgIpc) is 2.74. The Morgan fingerprint density at radius 3 is 2.74 bits per heavy atom. The fourth-order valence-electron chi connectivity index (χ4n) is 1.79. The van der Waals surface area contributed by atoms with Crippen molar-refractivity contribution in [3.05, 3.63) is 54.0 Å². The maximum Gasteiger partial charge on any atom is 0.261 e. The standard InChI is InChI=1S/C13H13BrN2O2S/c1-7-5-8(2)16-12(17)9(7)6-15-13(18)10-3-4-11(14)19-10/h3-5H,6H2,1-2H3,(H,15,18)(H,16,17). The van der Waals surface area contributed by atoms with Gasteiger partial charge >= 0.3 is 0 Å². The van der Waals surface area contributed by atoms with Gasteiger partial charge in [-0.15, -0.1) is 11.3 Å². The van der Waals surface area contributed by atoms with Crippen molar-refractivity contribution < 1.29 is 4.79 Å². The third-order valence-electron chi connectivity index (χ3n) is 2.72. The van der Waals surface area contributed by atoms with Crippen molar-refractivity contribution in [3.8, 4) is 0 Å². The summed E-state index contributed by atoms with van der Waals surface area (Å²) < 4.78 is 0.905. The molecule has 0 aliphatic rings. The second-order valence-electron chi connectivity index (χ2n) is 4.23. The van der Waals surface area contributed by atoms with Crippen molar-refractivity contribution in [3.63, 3.8) is 0 Å². The van der Waals surface area contributed by atoms with Crippen molar-refractivity contribution >= 4 is 33.2 Å². The predicted molar refractivity (Wildman–Crippen MR) is 79.7 cm³/mol. The van der Waals surface area contributed by atoms with Crippen LogP contribution in [-0.2, 0) is 6.54 Å². The molecule has 0 unspecified atom stereocenters. The van der Waals surface area contributed by atoms with Gasteiger partial charge in [-0.2, -0.15) is 0 Å². The summed E-state index contributed by atoms with van der Waals surface area (Å²) in [5.74, 6) is -0.171. The Bertz CT molecular complexity index is 676. The van der Waals surface area contributed by atoms with Gasteiger partial charge in [0, 0.05) is 17.8 Å². The van der Waals surface area contributed by atoms with Gasteiger partial charge in [-0.05, 0) is 53.5 Å². The quantitative estimate of drug-likeness (QED) is 0.902. The van der Waals surface area contributed by atoms with Gasteiger partial charge in [-0.3, -0.25) is 9.59 Å². The molecule has 0 fully saturated rings. The number of aryl methyl sites for hydroxylation is 2. The van der Waals surface area contributed by atoms with E-state index in [-0.39, 0.29) is 18.0 Å². The molecule has 4 nitrogen and oxygen atoms in total. The minimum Gasteiger partial charge on any atom is -0.347 e. The highest BCUT2D eigenvalue weighted by atomic mass is 79.9. The predicted octanol–water partition coefficient (Wildman–Crippen LogP) is 2.75. The maximum absolute atomic E-state index is 11.9. The van der Waals surface area contributed by atoms with Crippen LogP contribution in [0.1, 0.15) is 26.5 Å². The van der Waals surface area contributed by atoms with Crippen LogP contribution in [0, 0.1) is 13.8 Å². The van der Waals surface area contributed by atoms with Crippen molar-refractivity contribution in [2.75, 3.05) is 0 Å². The molecule has 0 bridgehead atoms. The van der Waals surface area contributed by atoms with Crippen LogP contribution in [0.4, 0.5) is 0 Å². The molecule has 0 atom stereocenters. The number of H-pyrrole nitrogens is 1. The molecule has 6 heteroatoms. The molecule has 19 heavy (non-hydrogen) atoms. The molecule has 2 aromatic rings.